The van der Waals surface area contributed by atoms with Gasteiger partial charge in [0.1, 0.15) is 28.6 Å². The van der Waals surface area contributed by atoms with Crippen LogP contribution in [0.5, 0.6) is 17.2 Å². The van der Waals surface area contributed by atoms with Gasteiger partial charge in [0.05, 0.1) is 5.39 Å². The Labute approximate surface area is 171 Å². The monoisotopic (exact) mass is 406 g/mol. The molecule has 4 aromatic rings. The Morgan fingerprint density at radius 1 is 1.07 bits per heavy atom. The van der Waals surface area contributed by atoms with E-state index >= 15 is 0 Å². The smallest absolute Gasteiger partial charge is 0.263 e. The van der Waals surface area contributed by atoms with E-state index in [2.05, 4.69) is 10.5 Å². The molecule has 0 fully saturated rings. The summed E-state index contributed by atoms with van der Waals surface area (Å²) in [4.78, 5) is 24.8. The fourth-order valence-electron chi connectivity index (χ4n) is 2.84. The number of para-hydroxylation sites is 1. The second kappa shape index (κ2) is 8.12. The molecule has 0 saturated heterocycles. The minimum absolute atomic E-state index is 0.129. The van der Waals surface area contributed by atoms with Gasteiger partial charge in [0, 0.05) is 12.1 Å². The maximum absolute atomic E-state index is 12.8. The summed E-state index contributed by atoms with van der Waals surface area (Å²) >= 11 is 0. The predicted octanol–water partition coefficient (Wildman–Crippen LogP) is 4.21. The average Bonchev–Trinajstić information content (AvgIpc) is 3.14. The number of carbonyl (C=O) groups is 1. The molecular formula is C22H18N2O6. The summed E-state index contributed by atoms with van der Waals surface area (Å²) in [7, 11) is 0. The van der Waals surface area contributed by atoms with Crippen LogP contribution >= 0.6 is 0 Å². The molecule has 0 radical (unpaired) electrons. The van der Waals surface area contributed by atoms with Crippen molar-refractivity contribution < 1.29 is 23.2 Å². The van der Waals surface area contributed by atoms with Crippen LogP contribution in [0.2, 0.25) is 0 Å². The molecule has 1 amide bonds. The molecule has 152 valence electrons. The first-order valence-corrected chi connectivity index (χ1v) is 9.16. The zero-order chi connectivity index (χ0) is 21.1. The van der Waals surface area contributed by atoms with E-state index in [0.29, 0.717) is 39.8 Å². The molecule has 0 bridgehead atoms. The van der Waals surface area contributed by atoms with Gasteiger partial charge in [-0.3, -0.25) is 9.59 Å². The molecule has 8 heteroatoms. The normalized spacial score (nSPS) is 10.7. The zero-order valence-electron chi connectivity index (χ0n) is 16.3. The van der Waals surface area contributed by atoms with Gasteiger partial charge in [0.15, 0.2) is 12.4 Å². The minimum Gasteiger partial charge on any atom is -0.484 e. The number of rotatable bonds is 6. The van der Waals surface area contributed by atoms with Crippen molar-refractivity contribution in [2.24, 2.45) is 0 Å². The highest BCUT2D eigenvalue weighted by atomic mass is 16.5. The standard InChI is InChI=1S/C22H18N2O6/c1-13-10-19(24-30-13)23-20(25)12-27-16-8-9-17-18(11-16)28-14(2)22(21(17)26)29-15-6-4-3-5-7-15/h3-11H,12H2,1-2H3,(H,23,24,25). The van der Waals surface area contributed by atoms with E-state index in [-0.39, 0.29) is 17.8 Å². The van der Waals surface area contributed by atoms with Crippen molar-refractivity contribution in [1.82, 2.24) is 5.16 Å². The minimum atomic E-state index is -0.396. The van der Waals surface area contributed by atoms with Crippen molar-refractivity contribution in [2.45, 2.75) is 13.8 Å². The third kappa shape index (κ3) is 4.17. The molecule has 1 N–H and O–H groups in total. The lowest BCUT2D eigenvalue weighted by Gasteiger charge is -2.10. The van der Waals surface area contributed by atoms with Gasteiger partial charge in [-0.25, -0.2) is 0 Å². The van der Waals surface area contributed by atoms with Gasteiger partial charge in [-0.1, -0.05) is 23.4 Å². The fourth-order valence-corrected chi connectivity index (χ4v) is 2.84. The first-order chi connectivity index (χ1) is 14.5. The second-order valence-electron chi connectivity index (χ2n) is 6.55. The number of fused-ring (bicyclic) bond motifs is 1. The van der Waals surface area contributed by atoms with Crippen LogP contribution < -0.4 is 20.2 Å². The van der Waals surface area contributed by atoms with Gasteiger partial charge in [0.25, 0.3) is 5.91 Å². The Morgan fingerprint density at radius 2 is 1.87 bits per heavy atom. The van der Waals surface area contributed by atoms with Gasteiger partial charge < -0.3 is 23.7 Å². The summed E-state index contributed by atoms with van der Waals surface area (Å²) in [5, 5.41) is 6.59. The van der Waals surface area contributed by atoms with Crippen LogP contribution in [-0.4, -0.2) is 17.7 Å². The number of hydrogen-bond donors (Lipinski definition) is 1. The fraction of sp³-hybridized carbons (Fsp3) is 0.136. The third-order valence-electron chi connectivity index (χ3n) is 4.22. The Kier molecular flexibility index (Phi) is 5.21. The van der Waals surface area contributed by atoms with Gasteiger partial charge in [0.2, 0.25) is 11.2 Å². The van der Waals surface area contributed by atoms with Gasteiger partial charge in [-0.05, 0) is 38.1 Å². The topological polar surface area (TPSA) is 104 Å². The maximum Gasteiger partial charge on any atom is 0.263 e. The lowest BCUT2D eigenvalue weighted by Crippen LogP contribution is -2.20. The molecule has 0 aliphatic rings. The summed E-state index contributed by atoms with van der Waals surface area (Å²) in [6, 6.07) is 15.3. The summed E-state index contributed by atoms with van der Waals surface area (Å²) in [6.07, 6.45) is 0. The van der Waals surface area contributed by atoms with Crippen LogP contribution in [0.4, 0.5) is 5.82 Å². The van der Waals surface area contributed by atoms with Gasteiger partial charge in [-0.2, -0.15) is 0 Å². The van der Waals surface area contributed by atoms with Crippen molar-refractivity contribution >= 4 is 22.7 Å². The molecule has 30 heavy (non-hydrogen) atoms. The molecule has 0 aliphatic carbocycles. The summed E-state index contributed by atoms with van der Waals surface area (Å²) in [6.45, 7) is 3.14. The van der Waals surface area contributed by atoms with Gasteiger partial charge in [-0.15, -0.1) is 0 Å². The van der Waals surface area contributed by atoms with Gasteiger partial charge >= 0.3 is 0 Å². The molecule has 2 aromatic carbocycles. The summed E-state index contributed by atoms with van der Waals surface area (Å²) in [5.41, 5.74) is 0.0474. The van der Waals surface area contributed by atoms with Crippen molar-refractivity contribution in [3.63, 3.8) is 0 Å². The molecule has 8 nitrogen and oxygen atoms in total. The number of nitrogens with one attached hydrogen (secondary N) is 1. The van der Waals surface area contributed by atoms with E-state index in [0.717, 1.165) is 0 Å². The highest BCUT2D eigenvalue weighted by Crippen LogP contribution is 2.27. The van der Waals surface area contributed by atoms with E-state index in [1.807, 2.05) is 18.2 Å². The first-order valence-electron chi connectivity index (χ1n) is 9.16. The predicted molar refractivity (Wildman–Crippen MR) is 109 cm³/mol. The largest absolute Gasteiger partial charge is 0.484 e. The summed E-state index contributed by atoms with van der Waals surface area (Å²) in [5.74, 6) is 1.90. The molecule has 0 saturated carbocycles. The van der Waals surface area contributed by atoms with E-state index in [1.54, 1.807) is 50.2 Å². The highest BCUT2D eigenvalue weighted by molar-refractivity contribution is 5.91. The molecule has 4 rings (SSSR count). The van der Waals surface area contributed by atoms with Crippen molar-refractivity contribution in [3.8, 4) is 17.2 Å². The number of anilines is 1. The van der Waals surface area contributed by atoms with Crippen LogP contribution in [0, 0.1) is 13.8 Å². The van der Waals surface area contributed by atoms with Crippen LogP contribution in [0.15, 0.2) is 68.3 Å². The van der Waals surface area contributed by atoms with Crippen LogP contribution in [0.3, 0.4) is 0 Å². The van der Waals surface area contributed by atoms with Crippen LogP contribution in [0.25, 0.3) is 11.0 Å². The Hall–Kier alpha value is -4.07. The van der Waals surface area contributed by atoms with Crippen molar-refractivity contribution in [2.75, 3.05) is 11.9 Å². The zero-order valence-corrected chi connectivity index (χ0v) is 16.3. The van der Waals surface area contributed by atoms with Crippen molar-refractivity contribution in [3.05, 3.63) is 76.3 Å². The molecule has 2 aromatic heterocycles. The first kappa shape index (κ1) is 19.3. The maximum atomic E-state index is 12.8. The number of nitrogens with zero attached hydrogens (tertiary/aromatic N) is 1. The molecular weight excluding hydrogens is 388 g/mol. The third-order valence-corrected chi connectivity index (χ3v) is 4.22. The molecule has 0 aliphatic heterocycles. The molecule has 2 heterocycles. The number of carbonyl (C=O) groups excluding carboxylic acids is 1. The second-order valence-corrected chi connectivity index (χ2v) is 6.55. The molecule has 0 atom stereocenters. The quantitative estimate of drug-likeness (QED) is 0.511. The molecule has 0 unspecified atom stereocenters. The Bertz CT molecular complexity index is 1260. The number of amides is 1. The number of aryl methyl sites for hydroxylation is 2. The SMILES string of the molecule is Cc1cc(NC(=O)COc2ccc3c(=O)c(Oc4ccccc4)c(C)oc3c2)no1. The number of benzene rings is 2. The average molecular weight is 406 g/mol. The number of hydrogen-bond acceptors (Lipinski definition) is 7. The number of ether oxygens (including phenoxy) is 2. The van der Waals surface area contributed by atoms with E-state index in [4.69, 9.17) is 18.4 Å². The van der Waals surface area contributed by atoms with Crippen molar-refractivity contribution in [1.29, 1.82) is 0 Å². The van der Waals surface area contributed by atoms with Crippen LogP contribution in [-0.2, 0) is 4.79 Å². The Morgan fingerprint density at radius 3 is 2.60 bits per heavy atom. The van der Waals surface area contributed by atoms with E-state index in [9.17, 15) is 9.59 Å². The Balaban J connectivity index is 1.51. The lowest BCUT2D eigenvalue weighted by molar-refractivity contribution is -0.118. The summed E-state index contributed by atoms with van der Waals surface area (Å²) < 4.78 is 21.9. The molecule has 0 spiro atoms. The van der Waals surface area contributed by atoms with E-state index in [1.165, 1.54) is 0 Å². The highest BCUT2D eigenvalue weighted by Gasteiger charge is 2.15. The van der Waals surface area contributed by atoms with Crippen LogP contribution in [0.1, 0.15) is 11.5 Å². The van der Waals surface area contributed by atoms with E-state index < -0.39 is 5.91 Å². The lowest BCUT2D eigenvalue weighted by atomic mass is 10.2. The number of aromatic nitrogens is 1.